The number of hydrogen-bond acceptors (Lipinski definition) is 4. The molecular formula is C12H20O5. The average Bonchev–Trinajstić information content (AvgIpc) is 2.27. The van der Waals surface area contributed by atoms with Crippen LogP contribution in [0.5, 0.6) is 0 Å². The van der Waals surface area contributed by atoms with Gasteiger partial charge in [-0.2, -0.15) is 0 Å². The summed E-state index contributed by atoms with van der Waals surface area (Å²) >= 11 is 0. The van der Waals surface area contributed by atoms with Crippen molar-refractivity contribution in [1.29, 1.82) is 0 Å². The van der Waals surface area contributed by atoms with Gasteiger partial charge in [-0.3, -0.25) is 9.59 Å². The Balaban J connectivity index is 4.09. The van der Waals surface area contributed by atoms with Crippen LogP contribution >= 0.6 is 0 Å². The number of carbonyl (C=O) groups excluding carboxylic acids is 2. The van der Waals surface area contributed by atoms with Crippen molar-refractivity contribution in [3.05, 3.63) is 0 Å². The molecule has 0 aromatic heterocycles. The third-order valence-corrected chi connectivity index (χ3v) is 2.38. The molecule has 0 amide bonds. The second-order valence-electron chi connectivity index (χ2n) is 3.97. The first-order chi connectivity index (χ1) is 8.01. The highest BCUT2D eigenvalue weighted by Crippen LogP contribution is 2.13. The van der Waals surface area contributed by atoms with Gasteiger partial charge >= 0.3 is 5.97 Å². The molecule has 0 spiro atoms. The summed E-state index contributed by atoms with van der Waals surface area (Å²) in [4.78, 5) is 32.9. The first kappa shape index (κ1) is 15.8. The van der Waals surface area contributed by atoms with Crippen molar-refractivity contribution in [3.8, 4) is 0 Å². The lowest BCUT2D eigenvalue weighted by atomic mass is 9.96. The van der Waals surface area contributed by atoms with Gasteiger partial charge < -0.3 is 9.84 Å². The zero-order valence-electron chi connectivity index (χ0n) is 10.4. The van der Waals surface area contributed by atoms with Gasteiger partial charge in [0.15, 0.2) is 11.6 Å². The van der Waals surface area contributed by atoms with Gasteiger partial charge in [0.05, 0.1) is 6.61 Å². The lowest BCUT2D eigenvalue weighted by molar-refractivity contribution is -0.143. The normalized spacial score (nSPS) is 12.1. The van der Waals surface area contributed by atoms with Crippen LogP contribution in [0, 0.1) is 5.92 Å². The Morgan fingerprint density at radius 3 is 2.29 bits per heavy atom. The van der Waals surface area contributed by atoms with Crippen LogP contribution in [0.2, 0.25) is 0 Å². The summed E-state index contributed by atoms with van der Waals surface area (Å²) in [7, 11) is 0. The molecule has 0 fully saturated rings. The van der Waals surface area contributed by atoms with E-state index in [1.807, 2.05) is 6.92 Å². The predicted octanol–water partition coefficient (Wildman–Crippen LogP) is 1.44. The van der Waals surface area contributed by atoms with Crippen LogP contribution in [-0.4, -0.2) is 35.9 Å². The van der Waals surface area contributed by atoms with Gasteiger partial charge in [0, 0.05) is 12.8 Å². The predicted molar refractivity (Wildman–Crippen MR) is 61.8 cm³/mol. The topological polar surface area (TPSA) is 80.7 Å². The highest BCUT2D eigenvalue weighted by atomic mass is 16.5. The highest BCUT2D eigenvalue weighted by Gasteiger charge is 2.18. The maximum atomic E-state index is 11.4. The van der Waals surface area contributed by atoms with E-state index in [0.29, 0.717) is 0 Å². The summed E-state index contributed by atoms with van der Waals surface area (Å²) in [5.41, 5.74) is 0. The maximum absolute atomic E-state index is 11.4. The lowest BCUT2D eigenvalue weighted by Gasteiger charge is -2.14. The third-order valence-electron chi connectivity index (χ3n) is 2.38. The largest absolute Gasteiger partial charge is 0.480 e. The molecule has 0 aliphatic heterocycles. The van der Waals surface area contributed by atoms with E-state index in [2.05, 4.69) is 0 Å². The molecule has 0 saturated heterocycles. The standard InChI is InChI=1S/C12H20O5/c1-3-5-9(7-17-8-12(15)16)6-11(14)10(13)4-2/h9H,3-8H2,1-2H3,(H,15,16)/t9-/m1/s1. The molecule has 5 heteroatoms. The minimum Gasteiger partial charge on any atom is -0.480 e. The number of carbonyl (C=O) groups is 3. The Morgan fingerprint density at radius 2 is 1.82 bits per heavy atom. The third kappa shape index (κ3) is 7.63. The number of Topliss-reactive ketones (excluding diaryl/α,β-unsaturated/α-hetero) is 2. The number of hydrogen-bond donors (Lipinski definition) is 1. The van der Waals surface area contributed by atoms with Crippen molar-refractivity contribution < 1.29 is 24.2 Å². The van der Waals surface area contributed by atoms with Gasteiger partial charge in [0.25, 0.3) is 0 Å². The molecule has 0 heterocycles. The van der Waals surface area contributed by atoms with E-state index in [9.17, 15) is 14.4 Å². The van der Waals surface area contributed by atoms with Crippen LogP contribution in [0.4, 0.5) is 0 Å². The molecule has 0 aliphatic carbocycles. The molecule has 0 rings (SSSR count). The first-order valence-corrected chi connectivity index (χ1v) is 5.86. The SMILES string of the molecule is CCC[C@@H](COCC(=O)O)CC(=O)C(=O)CC. The highest BCUT2D eigenvalue weighted by molar-refractivity contribution is 6.37. The smallest absolute Gasteiger partial charge is 0.329 e. The molecule has 0 aromatic rings. The summed E-state index contributed by atoms with van der Waals surface area (Å²) in [6.45, 7) is 3.46. The number of ether oxygens (including phenoxy) is 1. The van der Waals surface area contributed by atoms with Gasteiger partial charge in [-0.1, -0.05) is 20.3 Å². The van der Waals surface area contributed by atoms with Crippen molar-refractivity contribution in [2.24, 2.45) is 5.92 Å². The summed E-state index contributed by atoms with van der Waals surface area (Å²) in [5.74, 6) is -1.85. The van der Waals surface area contributed by atoms with Crippen molar-refractivity contribution >= 4 is 17.5 Å². The summed E-state index contributed by atoms with van der Waals surface area (Å²) in [6.07, 6.45) is 1.99. The molecule has 98 valence electrons. The Bertz CT molecular complexity index is 272. The van der Waals surface area contributed by atoms with Crippen molar-refractivity contribution in [2.75, 3.05) is 13.2 Å². The number of carboxylic acids is 1. The van der Waals surface area contributed by atoms with Crippen LogP contribution in [0.25, 0.3) is 0 Å². The summed E-state index contributed by atoms with van der Waals surface area (Å²) in [6, 6.07) is 0. The average molecular weight is 244 g/mol. The zero-order chi connectivity index (χ0) is 13.3. The fraction of sp³-hybridized carbons (Fsp3) is 0.750. The van der Waals surface area contributed by atoms with Gasteiger partial charge in [0.1, 0.15) is 6.61 Å². The fourth-order valence-corrected chi connectivity index (χ4v) is 1.54. The van der Waals surface area contributed by atoms with Crippen LogP contribution in [0.1, 0.15) is 39.5 Å². The Hall–Kier alpha value is -1.23. The van der Waals surface area contributed by atoms with Crippen LogP contribution < -0.4 is 0 Å². The lowest BCUT2D eigenvalue weighted by Crippen LogP contribution is -2.21. The molecule has 0 radical (unpaired) electrons. The molecule has 0 aliphatic rings. The molecule has 0 aromatic carbocycles. The number of carboxylic acid groups (broad SMARTS) is 1. The quantitative estimate of drug-likeness (QED) is 0.588. The molecular weight excluding hydrogens is 224 g/mol. The van der Waals surface area contributed by atoms with E-state index in [1.165, 1.54) is 0 Å². The van der Waals surface area contributed by atoms with Crippen LogP contribution in [0.3, 0.4) is 0 Å². The van der Waals surface area contributed by atoms with E-state index < -0.39 is 5.97 Å². The Labute approximate surface area is 101 Å². The number of rotatable bonds is 10. The summed E-state index contributed by atoms with van der Waals surface area (Å²) < 4.78 is 4.96. The van der Waals surface area contributed by atoms with E-state index >= 15 is 0 Å². The molecule has 5 nitrogen and oxygen atoms in total. The van der Waals surface area contributed by atoms with Crippen molar-refractivity contribution in [3.63, 3.8) is 0 Å². The molecule has 0 unspecified atom stereocenters. The van der Waals surface area contributed by atoms with E-state index in [-0.39, 0.29) is 43.5 Å². The fourth-order valence-electron chi connectivity index (χ4n) is 1.54. The molecule has 0 bridgehead atoms. The van der Waals surface area contributed by atoms with Gasteiger partial charge in [-0.25, -0.2) is 4.79 Å². The Morgan fingerprint density at radius 1 is 1.18 bits per heavy atom. The van der Waals surface area contributed by atoms with Crippen LogP contribution in [0.15, 0.2) is 0 Å². The second kappa shape index (κ2) is 8.87. The van der Waals surface area contributed by atoms with E-state index in [1.54, 1.807) is 6.92 Å². The van der Waals surface area contributed by atoms with Crippen LogP contribution in [-0.2, 0) is 19.1 Å². The second-order valence-corrected chi connectivity index (χ2v) is 3.97. The molecule has 0 saturated carbocycles. The zero-order valence-corrected chi connectivity index (χ0v) is 10.4. The van der Waals surface area contributed by atoms with Crippen molar-refractivity contribution in [1.82, 2.24) is 0 Å². The maximum Gasteiger partial charge on any atom is 0.329 e. The first-order valence-electron chi connectivity index (χ1n) is 5.86. The van der Waals surface area contributed by atoms with Crippen molar-refractivity contribution in [2.45, 2.75) is 39.5 Å². The van der Waals surface area contributed by atoms with E-state index in [0.717, 1.165) is 12.8 Å². The minimum atomic E-state index is -1.03. The van der Waals surface area contributed by atoms with Gasteiger partial charge in [-0.05, 0) is 12.3 Å². The summed E-state index contributed by atoms with van der Waals surface area (Å²) in [5, 5.41) is 8.42. The molecule has 1 atom stereocenters. The Kier molecular flexibility index (Phi) is 8.23. The van der Waals surface area contributed by atoms with Gasteiger partial charge in [-0.15, -0.1) is 0 Å². The molecule has 1 N–H and O–H groups in total. The van der Waals surface area contributed by atoms with E-state index in [4.69, 9.17) is 9.84 Å². The van der Waals surface area contributed by atoms with Gasteiger partial charge in [0.2, 0.25) is 0 Å². The number of aliphatic carboxylic acids is 1. The molecule has 17 heavy (non-hydrogen) atoms. The number of ketones is 2. The minimum absolute atomic E-state index is 0.0673. The monoisotopic (exact) mass is 244 g/mol.